The molecule has 0 spiro atoms. The van der Waals surface area contributed by atoms with E-state index in [4.69, 9.17) is 9.84 Å². The Morgan fingerprint density at radius 2 is 1.66 bits per heavy atom. The molecule has 3 aromatic carbocycles. The summed E-state index contributed by atoms with van der Waals surface area (Å²) >= 11 is 0. The van der Waals surface area contributed by atoms with Crippen LogP contribution in [0.4, 0.5) is 11.4 Å². The number of nitrogens with one attached hydrogen (secondary N) is 2. The Morgan fingerprint density at radius 1 is 0.931 bits per heavy atom. The van der Waals surface area contributed by atoms with Crippen molar-refractivity contribution in [2.45, 2.75) is 0 Å². The Bertz CT molecular complexity index is 1000. The van der Waals surface area contributed by atoms with Gasteiger partial charge in [-0.25, -0.2) is 4.79 Å². The third kappa shape index (κ3) is 6.21. The average Bonchev–Trinajstić information content (AvgIpc) is 2.74. The Kier molecular flexibility index (Phi) is 6.57. The molecule has 0 aliphatic rings. The minimum Gasteiger partial charge on any atom is -0.484 e. The Balaban J connectivity index is 1.48. The molecule has 0 aliphatic carbocycles. The van der Waals surface area contributed by atoms with E-state index >= 15 is 0 Å². The van der Waals surface area contributed by atoms with Gasteiger partial charge in [0.1, 0.15) is 5.75 Å². The number of anilines is 2. The lowest BCUT2D eigenvalue weighted by Crippen LogP contribution is -2.20. The fraction of sp³-hybridized carbons (Fsp3) is 0.0455. The van der Waals surface area contributed by atoms with Gasteiger partial charge < -0.3 is 15.2 Å². The average molecular weight is 389 g/mol. The smallest absolute Gasteiger partial charge is 0.335 e. The monoisotopic (exact) mass is 389 g/mol. The second-order valence-electron chi connectivity index (χ2n) is 6.03. The summed E-state index contributed by atoms with van der Waals surface area (Å²) in [4.78, 5) is 22.9. The standard InChI is InChI=1S/C22H19N3O4/c26-21(24-18-6-2-1-3-7-18)15-29-20-11-9-16(10-12-20)14-23-25-19-8-4-5-17(13-19)22(27)28/h1-14,25H,15H2,(H,24,26)(H,27,28). The fourth-order valence-corrected chi connectivity index (χ4v) is 2.42. The predicted octanol–water partition coefficient (Wildman–Crippen LogP) is 3.85. The van der Waals surface area contributed by atoms with Crippen LogP contribution in [0, 0.1) is 0 Å². The summed E-state index contributed by atoms with van der Waals surface area (Å²) in [5.74, 6) is -0.673. The number of hydrogen-bond donors (Lipinski definition) is 3. The molecule has 3 rings (SSSR count). The molecule has 146 valence electrons. The maximum atomic E-state index is 11.9. The van der Waals surface area contributed by atoms with Crippen molar-refractivity contribution in [1.29, 1.82) is 0 Å². The molecule has 7 heteroatoms. The Morgan fingerprint density at radius 3 is 2.38 bits per heavy atom. The lowest BCUT2D eigenvalue weighted by molar-refractivity contribution is -0.118. The highest BCUT2D eigenvalue weighted by Crippen LogP contribution is 2.13. The second kappa shape index (κ2) is 9.70. The van der Waals surface area contributed by atoms with Crippen LogP contribution in [0.3, 0.4) is 0 Å². The van der Waals surface area contributed by atoms with Gasteiger partial charge in [-0.05, 0) is 60.2 Å². The molecule has 0 atom stereocenters. The Hall–Kier alpha value is -4.13. The van der Waals surface area contributed by atoms with Gasteiger partial charge in [-0.1, -0.05) is 24.3 Å². The van der Waals surface area contributed by atoms with E-state index in [1.54, 1.807) is 54.7 Å². The maximum absolute atomic E-state index is 11.9. The van der Waals surface area contributed by atoms with Crippen LogP contribution in [0.25, 0.3) is 0 Å². The number of nitrogens with zero attached hydrogens (tertiary/aromatic N) is 1. The molecule has 29 heavy (non-hydrogen) atoms. The van der Waals surface area contributed by atoms with Gasteiger partial charge in [0.15, 0.2) is 6.61 Å². The lowest BCUT2D eigenvalue weighted by atomic mass is 10.2. The molecule has 0 radical (unpaired) electrons. The number of rotatable bonds is 8. The normalized spacial score (nSPS) is 10.5. The number of aromatic carboxylic acids is 1. The van der Waals surface area contributed by atoms with Gasteiger partial charge in [-0.2, -0.15) is 5.10 Å². The van der Waals surface area contributed by atoms with Crippen LogP contribution in [-0.2, 0) is 4.79 Å². The minimum atomic E-state index is -0.995. The van der Waals surface area contributed by atoms with Gasteiger partial charge in [-0.3, -0.25) is 10.2 Å². The van der Waals surface area contributed by atoms with Crippen LogP contribution in [0.1, 0.15) is 15.9 Å². The van der Waals surface area contributed by atoms with Gasteiger partial charge in [0.25, 0.3) is 5.91 Å². The zero-order chi connectivity index (χ0) is 20.5. The number of benzene rings is 3. The zero-order valence-corrected chi connectivity index (χ0v) is 15.4. The quantitative estimate of drug-likeness (QED) is 0.401. The highest BCUT2D eigenvalue weighted by molar-refractivity contribution is 5.92. The molecular weight excluding hydrogens is 370 g/mol. The summed E-state index contributed by atoms with van der Waals surface area (Å²) in [7, 11) is 0. The van der Waals surface area contributed by atoms with Crippen LogP contribution in [0.2, 0.25) is 0 Å². The van der Waals surface area contributed by atoms with Gasteiger partial charge in [0.05, 0.1) is 17.5 Å². The van der Waals surface area contributed by atoms with Crippen molar-refractivity contribution in [3.05, 3.63) is 90.0 Å². The number of amides is 1. The molecule has 7 nitrogen and oxygen atoms in total. The number of carbonyl (C=O) groups excluding carboxylic acids is 1. The molecule has 0 fully saturated rings. The van der Waals surface area contributed by atoms with Gasteiger partial charge in [-0.15, -0.1) is 0 Å². The van der Waals surface area contributed by atoms with E-state index in [0.29, 0.717) is 17.1 Å². The first-order valence-corrected chi connectivity index (χ1v) is 8.80. The van der Waals surface area contributed by atoms with Crippen molar-refractivity contribution in [3.63, 3.8) is 0 Å². The van der Waals surface area contributed by atoms with E-state index in [1.165, 1.54) is 12.1 Å². The van der Waals surface area contributed by atoms with Crippen molar-refractivity contribution in [2.75, 3.05) is 17.3 Å². The van der Waals surface area contributed by atoms with E-state index in [1.807, 2.05) is 18.2 Å². The minimum absolute atomic E-state index is 0.0934. The van der Waals surface area contributed by atoms with Crippen LogP contribution >= 0.6 is 0 Å². The summed E-state index contributed by atoms with van der Waals surface area (Å²) in [6.07, 6.45) is 1.60. The molecule has 0 bridgehead atoms. The number of ether oxygens (including phenoxy) is 1. The molecule has 1 amide bonds. The van der Waals surface area contributed by atoms with Crippen molar-refractivity contribution < 1.29 is 19.4 Å². The van der Waals surface area contributed by atoms with Crippen molar-refractivity contribution in [1.82, 2.24) is 0 Å². The SMILES string of the molecule is O=C(COc1ccc(C=NNc2cccc(C(=O)O)c2)cc1)Nc1ccccc1. The molecule has 3 N–H and O–H groups in total. The first-order valence-electron chi connectivity index (χ1n) is 8.80. The van der Waals surface area contributed by atoms with E-state index in [2.05, 4.69) is 15.8 Å². The van der Waals surface area contributed by atoms with Crippen LogP contribution in [-0.4, -0.2) is 29.8 Å². The number of carbonyl (C=O) groups is 2. The van der Waals surface area contributed by atoms with Crippen LogP contribution in [0.15, 0.2) is 84.0 Å². The maximum Gasteiger partial charge on any atom is 0.335 e. The zero-order valence-electron chi connectivity index (χ0n) is 15.4. The van der Waals surface area contributed by atoms with Gasteiger partial charge in [0.2, 0.25) is 0 Å². The number of carboxylic acids is 1. The molecule has 0 unspecified atom stereocenters. The topological polar surface area (TPSA) is 100 Å². The Labute approximate surface area is 167 Å². The summed E-state index contributed by atoms with van der Waals surface area (Å²) < 4.78 is 5.48. The molecule has 0 aliphatic heterocycles. The largest absolute Gasteiger partial charge is 0.484 e. The third-order valence-electron chi connectivity index (χ3n) is 3.82. The summed E-state index contributed by atoms with van der Waals surface area (Å²) in [6.45, 7) is -0.0934. The van der Waals surface area contributed by atoms with Crippen molar-refractivity contribution >= 4 is 29.5 Å². The molecule has 0 saturated heterocycles. The number of hydrazone groups is 1. The molecule has 0 heterocycles. The highest BCUT2D eigenvalue weighted by atomic mass is 16.5. The van der Waals surface area contributed by atoms with E-state index < -0.39 is 5.97 Å². The molecular formula is C22H19N3O4. The first-order chi connectivity index (χ1) is 14.1. The fourth-order valence-electron chi connectivity index (χ4n) is 2.42. The lowest BCUT2D eigenvalue weighted by Gasteiger charge is -2.07. The first kappa shape index (κ1) is 19.6. The van der Waals surface area contributed by atoms with Gasteiger partial charge in [0, 0.05) is 5.69 Å². The molecule has 3 aromatic rings. The van der Waals surface area contributed by atoms with Crippen molar-refractivity contribution in [3.8, 4) is 5.75 Å². The highest BCUT2D eigenvalue weighted by Gasteiger charge is 2.04. The summed E-state index contributed by atoms with van der Waals surface area (Å²) in [5.41, 5.74) is 5.08. The van der Waals surface area contributed by atoms with Crippen LogP contribution in [0.5, 0.6) is 5.75 Å². The number of para-hydroxylation sites is 1. The second-order valence-corrected chi connectivity index (χ2v) is 6.03. The predicted molar refractivity (Wildman–Crippen MR) is 112 cm³/mol. The number of hydrogen-bond acceptors (Lipinski definition) is 5. The van der Waals surface area contributed by atoms with E-state index in [-0.39, 0.29) is 18.1 Å². The third-order valence-corrected chi connectivity index (χ3v) is 3.82. The summed E-state index contributed by atoms with van der Waals surface area (Å²) in [5, 5.41) is 15.8. The summed E-state index contributed by atoms with van der Waals surface area (Å²) in [6, 6.07) is 22.6. The van der Waals surface area contributed by atoms with E-state index in [9.17, 15) is 9.59 Å². The van der Waals surface area contributed by atoms with Gasteiger partial charge >= 0.3 is 5.97 Å². The number of carboxylic acid groups (broad SMARTS) is 1. The van der Waals surface area contributed by atoms with Crippen LogP contribution < -0.4 is 15.5 Å². The van der Waals surface area contributed by atoms with Crippen molar-refractivity contribution in [2.24, 2.45) is 5.10 Å². The molecule has 0 saturated carbocycles. The molecule has 0 aromatic heterocycles. The van der Waals surface area contributed by atoms with E-state index in [0.717, 1.165) is 5.56 Å².